The van der Waals surface area contributed by atoms with Crippen molar-refractivity contribution in [3.8, 4) is 0 Å². The molecule has 0 aliphatic carbocycles. The lowest BCUT2D eigenvalue weighted by Crippen LogP contribution is -2.12. The number of aliphatic hydroxyl groups excluding tert-OH is 1. The lowest BCUT2D eigenvalue weighted by atomic mass is 10.2. The van der Waals surface area contributed by atoms with E-state index in [0.29, 0.717) is 18.1 Å². The van der Waals surface area contributed by atoms with Gasteiger partial charge in [-0.3, -0.25) is 4.79 Å². The minimum absolute atomic E-state index is 0.0136. The molecule has 3 N–H and O–H groups in total. The number of pyridine rings is 1. The summed E-state index contributed by atoms with van der Waals surface area (Å²) in [5.74, 6) is -0.260. The molecule has 1 heterocycles. The lowest BCUT2D eigenvalue weighted by Gasteiger charge is -2.07. The number of hydrogen-bond acceptors (Lipinski definition) is 4. The topological polar surface area (TPSA) is 74.2 Å². The fourth-order valence-corrected chi connectivity index (χ4v) is 1.59. The van der Waals surface area contributed by atoms with Gasteiger partial charge in [0.05, 0.1) is 18.5 Å². The summed E-state index contributed by atoms with van der Waals surface area (Å²) in [5.41, 5.74) is 0.751. The van der Waals surface area contributed by atoms with Gasteiger partial charge >= 0.3 is 0 Å². The third-order valence-corrected chi connectivity index (χ3v) is 2.53. The van der Waals surface area contributed by atoms with Crippen molar-refractivity contribution in [2.45, 2.75) is 0 Å². The fraction of sp³-hybridized carbons (Fsp3) is 0.143. The number of carbonyl (C=O) groups is 1. The van der Waals surface area contributed by atoms with Crippen molar-refractivity contribution in [1.82, 2.24) is 4.98 Å². The van der Waals surface area contributed by atoms with Crippen LogP contribution in [-0.2, 0) is 0 Å². The Balaban J connectivity index is 2.01. The number of aliphatic hydroxyl groups is 1. The highest BCUT2D eigenvalue weighted by molar-refractivity contribution is 6.04. The average Bonchev–Trinajstić information content (AvgIpc) is 2.46. The van der Waals surface area contributed by atoms with Gasteiger partial charge in [0.25, 0.3) is 5.91 Å². The minimum atomic E-state index is -0.459. The third-order valence-electron chi connectivity index (χ3n) is 2.53. The maximum absolute atomic E-state index is 13.0. The van der Waals surface area contributed by atoms with Gasteiger partial charge in [-0.15, -0.1) is 0 Å². The first-order valence-corrected chi connectivity index (χ1v) is 6.07. The second kappa shape index (κ2) is 6.63. The zero-order valence-corrected chi connectivity index (χ0v) is 10.6. The molecule has 0 bridgehead atoms. The average molecular weight is 275 g/mol. The highest BCUT2D eigenvalue weighted by atomic mass is 19.1. The molecule has 0 atom stereocenters. The van der Waals surface area contributed by atoms with Crippen LogP contribution in [0, 0.1) is 5.82 Å². The summed E-state index contributed by atoms with van der Waals surface area (Å²) in [5, 5.41) is 14.2. The zero-order chi connectivity index (χ0) is 14.4. The molecule has 0 saturated carbocycles. The molecule has 0 fully saturated rings. The highest BCUT2D eigenvalue weighted by Crippen LogP contribution is 2.12. The Bertz CT molecular complexity index is 587. The normalized spacial score (nSPS) is 10.1. The van der Waals surface area contributed by atoms with E-state index in [1.54, 1.807) is 12.1 Å². The number of anilines is 2. The van der Waals surface area contributed by atoms with Crippen molar-refractivity contribution in [3.05, 3.63) is 54.0 Å². The van der Waals surface area contributed by atoms with Crippen LogP contribution in [0.4, 0.5) is 15.9 Å². The molecule has 1 aromatic carbocycles. The van der Waals surface area contributed by atoms with Crippen LogP contribution < -0.4 is 10.6 Å². The van der Waals surface area contributed by atoms with E-state index in [1.165, 1.54) is 30.5 Å². The SMILES string of the molecule is O=C(Nc1ccc(NCCO)nc1)c1cccc(F)c1. The minimum Gasteiger partial charge on any atom is -0.395 e. The van der Waals surface area contributed by atoms with Gasteiger partial charge in [0.2, 0.25) is 0 Å². The van der Waals surface area contributed by atoms with Gasteiger partial charge in [-0.2, -0.15) is 0 Å². The van der Waals surface area contributed by atoms with Crippen molar-refractivity contribution >= 4 is 17.4 Å². The van der Waals surface area contributed by atoms with Gasteiger partial charge in [0, 0.05) is 12.1 Å². The van der Waals surface area contributed by atoms with E-state index >= 15 is 0 Å². The summed E-state index contributed by atoms with van der Waals surface area (Å²) in [4.78, 5) is 15.9. The zero-order valence-electron chi connectivity index (χ0n) is 10.6. The molecule has 0 spiro atoms. The Morgan fingerprint density at radius 3 is 2.80 bits per heavy atom. The van der Waals surface area contributed by atoms with Gasteiger partial charge in [-0.1, -0.05) is 6.07 Å². The molecule has 104 valence electrons. The van der Waals surface area contributed by atoms with Crippen LogP contribution in [-0.4, -0.2) is 29.1 Å². The largest absolute Gasteiger partial charge is 0.395 e. The predicted molar refractivity (Wildman–Crippen MR) is 74.2 cm³/mol. The quantitative estimate of drug-likeness (QED) is 0.779. The molecule has 0 radical (unpaired) electrons. The summed E-state index contributed by atoms with van der Waals surface area (Å²) in [6, 6.07) is 8.80. The first kappa shape index (κ1) is 14.0. The monoisotopic (exact) mass is 275 g/mol. The van der Waals surface area contributed by atoms with E-state index in [1.807, 2.05) is 0 Å². The Morgan fingerprint density at radius 2 is 2.15 bits per heavy atom. The van der Waals surface area contributed by atoms with Crippen molar-refractivity contribution in [1.29, 1.82) is 0 Å². The maximum Gasteiger partial charge on any atom is 0.255 e. The number of benzene rings is 1. The maximum atomic E-state index is 13.0. The number of carbonyl (C=O) groups excluding carboxylic acids is 1. The van der Waals surface area contributed by atoms with Crippen LogP contribution in [0.15, 0.2) is 42.6 Å². The molecular weight excluding hydrogens is 261 g/mol. The van der Waals surface area contributed by atoms with Crippen molar-refractivity contribution in [2.24, 2.45) is 0 Å². The standard InChI is InChI=1S/C14H14FN3O2/c15-11-3-1-2-10(8-11)14(20)18-12-4-5-13(17-9-12)16-6-7-19/h1-5,8-9,19H,6-7H2,(H,16,17)(H,18,20). The number of halogens is 1. The van der Waals surface area contributed by atoms with Gasteiger partial charge < -0.3 is 15.7 Å². The second-order valence-electron chi connectivity index (χ2n) is 4.05. The van der Waals surface area contributed by atoms with Gasteiger partial charge in [-0.05, 0) is 30.3 Å². The van der Waals surface area contributed by atoms with Crippen LogP contribution >= 0.6 is 0 Å². The van der Waals surface area contributed by atoms with Crippen LogP contribution in [0.2, 0.25) is 0 Å². The number of rotatable bonds is 5. The summed E-state index contributed by atoms with van der Waals surface area (Å²) in [7, 11) is 0. The number of nitrogens with zero attached hydrogens (tertiary/aromatic N) is 1. The van der Waals surface area contributed by atoms with Crippen molar-refractivity contribution < 1.29 is 14.3 Å². The predicted octanol–water partition coefficient (Wildman–Crippen LogP) is 1.88. The molecule has 6 heteroatoms. The van der Waals surface area contributed by atoms with E-state index in [0.717, 1.165) is 0 Å². The van der Waals surface area contributed by atoms with Crippen molar-refractivity contribution in [2.75, 3.05) is 23.8 Å². The highest BCUT2D eigenvalue weighted by Gasteiger charge is 2.07. The molecule has 0 aliphatic rings. The fourth-order valence-electron chi connectivity index (χ4n) is 1.59. The van der Waals surface area contributed by atoms with Crippen LogP contribution in [0.25, 0.3) is 0 Å². The molecule has 2 aromatic rings. The number of amides is 1. The Morgan fingerprint density at radius 1 is 1.30 bits per heavy atom. The summed E-state index contributed by atoms with van der Waals surface area (Å²) in [6.45, 7) is 0.418. The summed E-state index contributed by atoms with van der Waals surface area (Å²) >= 11 is 0. The lowest BCUT2D eigenvalue weighted by molar-refractivity contribution is 0.102. The number of hydrogen-bond donors (Lipinski definition) is 3. The molecule has 20 heavy (non-hydrogen) atoms. The van der Waals surface area contributed by atoms with Crippen LogP contribution in [0.5, 0.6) is 0 Å². The van der Waals surface area contributed by atoms with E-state index < -0.39 is 11.7 Å². The molecule has 1 aromatic heterocycles. The molecule has 0 aliphatic heterocycles. The summed E-state index contributed by atoms with van der Waals surface area (Å²) in [6.07, 6.45) is 1.48. The molecule has 0 unspecified atom stereocenters. The van der Waals surface area contributed by atoms with E-state index in [9.17, 15) is 9.18 Å². The molecular formula is C14H14FN3O2. The third kappa shape index (κ3) is 3.76. The van der Waals surface area contributed by atoms with Crippen LogP contribution in [0.3, 0.4) is 0 Å². The Labute approximate surface area is 115 Å². The van der Waals surface area contributed by atoms with Gasteiger partial charge in [0.15, 0.2) is 0 Å². The molecule has 2 rings (SSSR count). The number of aromatic nitrogens is 1. The molecule has 0 saturated heterocycles. The van der Waals surface area contributed by atoms with E-state index in [2.05, 4.69) is 15.6 Å². The van der Waals surface area contributed by atoms with Gasteiger partial charge in [-0.25, -0.2) is 9.37 Å². The Hall–Kier alpha value is -2.47. The van der Waals surface area contributed by atoms with Crippen LogP contribution in [0.1, 0.15) is 10.4 Å². The van der Waals surface area contributed by atoms with Crippen molar-refractivity contribution in [3.63, 3.8) is 0 Å². The van der Waals surface area contributed by atoms with E-state index in [4.69, 9.17) is 5.11 Å². The summed E-state index contributed by atoms with van der Waals surface area (Å²) < 4.78 is 13.0. The second-order valence-corrected chi connectivity index (χ2v) is 4.05. The smallest absolute Gasteiger partial charge is 0.255 e. The number of nitrogens with one attached hydrogen (secondary N) is 2. The van der Waals surface area contributed by atoms with Gasteiger partial charge in [0.1, 0.15) is 11.6 Å². The Kier molecular flexibility index (Phi) is 4.62. The first-order valence-electron chi connectivity index (χ1n) is 6.07. The first-order chi connectivity index (χ1) is 9.69. The molecule has 1 amide bonds. The van der Waals surface area contributed by atoms with E-state index in [-0.39, 0.29) is 12.2 Å². The molecule has 5 nitrogen and oxygen atoms in total.